The molecule has 0 saturated heterocycles. The van der Waals surface area contributed by atoms with Gasteiger partial charge in [-0.2, -0.15) is 0 Å². The number of nitrogens with zero attached hydrogens (tertiary/aromatic N) is 1. The molecule has 1 amide bonds. The summed E-state index contributed by atoms with van der Waals surface area (Å²) in [7, 11) is 0. The maximum Gasteiger partial charge on any atom is 0.272 e. The molecule has 0 unspecified atom stereocenters. The van der Waals surface area contributed by atoms with E-state index in [4.69, 9.17) is 11.6 Å². The highest BCUT2D eigenvalue weighted by molar-refractivity contribution is 9.10. The molecule has 0 aliphatic carbocycles. The predicted octanol–water partition coefficient (Wildman–Crippen LogP) is 4.32. The summed E-state index contributed by atoms with van der Waals surface area (Å²) in [4.78, 5) is 12.1. The molecule has 0 atom stereocenters. The number of halogens is 3. The van der Waals surface area contributed by atoms with E-state index in [1.807, 2.05) is 6.92 Å². The van der Waals surface area contributed by atoms with Crippen LogP contribution in [0.4, 0.5) is 10.1 Å². The van der Waals surface area contributed by atoms with Crippen molar-refractivity contribution in [3.05, 3.63) is 51.5 Å². The summed E-state index contributed by atoms with van der Waals surface area (Å²) >= 11 is 9.09. The lowest BCUT2D eigenvalue weighted by atomic mass is 10.3. The Morgan fingerprint density at radius 1 is 1.47 bits per heavy atom. The third-order valence-electron chi connectivity index (χ3n) is 2.61. The van der Waals surface area contributed by atoms with Crippen LogP contribution in [0.3, 0.4) is 0 Å². The lowest BCUT2D eigenvalue weighted by Crippen LogP contribution is -2.17. The van der Waals surface area contributed by atoms with Gasteiger partial charge < -0.3 is 9.88 Å². The average Bonchev–Trinajstić information content (AvgIpc) is 2.75. The number of nitrogens with one attached hydrogen (secondary N) is 1. The average molecular weight is 346 g/mol. The maximum atomic E-state index is 13.5. The van der Waals surface area contributed by atoms with Crippen molar-refractivity contribution in [2.75, 3.05) is 5.32 Å². The Balaban J connectivity index is 2.27. The third-order valence-corrected chi connectivity index (χ3v) is 3.28. The van der Waals surface area contributed by atoms with Gasteiger partial charge in [-0.05, 0) is 47.1 Å². The van der Waals surface area contributed by atoms with Crippen LogP contribution in [0.25, 0.3) is 0 Å². The van der Waals surface area contributed by atoms with Crippen molar-refractivity contribution in [2.24, 2.45) is 0 Å². The second kappa shape index (κ2) is 5.75. The Morgan fingerprint density at radius 3 is 2.89 bits per heavy atom. The number of benzene rings is 1. The first-order valence-electron chi connectivity index (χ1n) is 5.63. The fourth-order valence-corrected chi connectivity index (χ4v) is 2.34. The molecule has 6 heteroatoms. The molecule has 0 fully saturated rings. The summed E-state index contributed by atoms with van der Waals surface area (Å²) in [5, 5.41) is 2.88. The van der Waals surface area contributed by atoms with E-state index in [1.165, 1.54) is 18.2 Å². The molecule has 2 rings (SSSR count). The molecule has 3 nitrogen and oxygen atoms in total. The van der Waals surface area contributed by atoms with Crippen LogP contribution < -0.4 is 5.32 Å². The predicted molar refractivity (Wildman–Crippen MR) is 77.2 cm³/mol. The Labute approximate surface area is 123 Å². The number of aromatic nitrogens is 1. The van der Waals surface area contributed by atoms with Crippen LogP contribution >= 0.6 is 27.5 Å². The SMILES string of the molecule is CCn1cc(Br)cc1C(=O)Nc1cc(Cl)ccc1F. The second-order valence-corrected chi connectivity index (χ2v) is 5.26. The molecular weight excluding hydrogens is 335 g/mol. The topological polar surface area (TPSA) is 34.0 Å². The van der Waals surface area contributed by atoms with Crippen LogP contribution in [-0.4, -0.2) is 10.5 Å². The molecule has 1 aromatic heterocycles. The second-order valence-electron chi connectivity index (χ2n) is 3.91. The normalized spacial score (nSPS) is 10.5. The molecule has 0 radical (unpaired) electrons. The summed E-state index contributed by atoms with van der Waals surface area (Å²) in [5.41, 5.74) is 0.520. The van der Waals surface area contributed by atoms with Gasteiger partial charge in [0.25, 0.3) is 5.91 Å². The molecule has 0 aliphatic rings. The summed E-state index contributed by atoms with van der Waals surface area (Å²) in [6.45, 7) is 2.57. The molecule has 0 bridgehead atoms. The molecule has 2 aromatic rings. The Hall–Kier alpha value is -1.33. The largest absolute Gasteiger partial charge is 0.343 e. The zero-order chi connectivity index (χ0) is 14.0. The van der Waals surface area contributed by atoms with Gasteiger partial charge in [0.1, 0.15) is 11.5 Å². The van der Waals surface area contributed by atoms with Gasteiger partial charge in [-0.25, -0.2) is 4.39 Å². The number of hydrogen-bond donors (Lipinski definition) is 1. The molecule has 1 aromatic carbocycles. The highest BCUT2D eigenvalue weighted by atomic mass is 79.9. The maximum absolute atomic E-state index is 13.5. The van der Waals surface area contributed by atoms with Crippen molar-refractivity contribution in [3.63, 3.8) is 0 Å². The van der Waals surface area contributed by atoms with Crippen LogP contribution in [0.2, 0.25) is 5.02 Å². The number of rotatable bonds is 3. The molecule has 0 aliphatic heterocycles. The minimum atomic E-state index is -0.522. The minimum Gasteiger partial charge on any atom is -0.343 e. The summed E-state index contributed by atoms with van der Waals surface area (Å²) in [6.07, 6.45) is 1.79. The first-order chi connectivity index (χ1) is 9.01. The number of carbonyl (C=O) groups is 1. The number of carbonyl (C=O) groups excluding carboxylic acids is 1. The van der Waals surface area contributed by atoms with Crippen molar-refractivity contribution in [3.8, 4) is 0 Å². The van der Waals surface area contributed by atoms with E-state index in [0.29, 0.717) is 17.3 Å². The van der Waals surface area contributed by atoms with Crippen molar-refractivity contribution in [2.45, 2.75) is 13.5 Å². The monoisotopic (exact) mass is 344 g/mol. The number of anilines is 1. The quantitative estimate of drug-likeness (QED) is 0.883. The van der Waals surface area contributed by atoms with E-state index in [0.717, 1.165) is 4.47 Å². The van der Waals surface area contributed by atoms with Crippen molar-refractivity contribution in [1.82, 2.24) is 4.57 Å². The van der Waals surface area contributed by atoms with Crippen LogP contribution in [0.15, 0.2) is 34.9 Å². The van der Waals surface area contributed by atoms with Gasteiger partial charge in [-0.3, -0.25) is 4.79 Å². The summed E-state index contributed by atoms with van der Waals surface area (Å²) < 4.78 is 16.1. The number of aryl methyl sites for hydroxylation is 1. The van der Waals surface area contributed by atoms with Gasteiger partial charge in [-0.15, -0.1) is 0 Å². The smallest absolute Gasteiger partial charge is 0.272 e. The fraction of sp³-hybridized carbons (Fsp3) is 0.154. The fourth-order valence-electron chi connectivity index (χ4n) is 1.71. The van der Waals surface area contributed by atoms with Crippen LogP contribution in [0, 0.1) is 5.82 Å². The Bertz CT molecular complexity index is 627. The highest BCUT2D eigenvalue weighted by Gasteiger charge is 2.14. The standard InChI is InChI=1S/C13H11BrClFN2O/c1-2-18-7-8(14)5-12(18)13(19)17-11-6-9(15)3-4-10(11)16/h3-7H,2H2,1H3,(H,17,19). The van der Waals surface area contributed by atoms with Crippen molar-refractivity contribution < 1.29 is 9.18 Å². The van der Waals surface area contributed by atoms with Gasteiger partial charge in [-0.1, -0.05) is 11.6 Å². The van der Waals surface area contributed by atoms with E-state index in [-0.39, 0.29) is 11.6 Å². The molecule has 0 saturated carbocycles. The van der Waals surface area contributed by atoms with Gasteiger partial charge in [0.05, 0.1) is 5.69 Å². The van der Waals surface area contributed by atoms with E-state index in [2.05, 4.69) is 21.2 Å². The molecule has 19 heavy (non-hydrogen) atoms. The van der Waals surface area contributed by atoms with Crippen molar-refractivity contribution >= 4 is 39.1 Å². The van der Waals surface area contributed by atoms with Gasteiger partial charge >= 0.3 is 0 Å². The van der Waals surface area contributed by atoms with E-state index in [1.54, 1.807) is 16.8 Å². The lowest BCUT2D eigenvalue weighted by Gasteiger charge is -2.08. The third kappa shape index (κ3) is 3.16. The zero-order valence-corrected chi connectivity index (χ0v) is 12.4. The first-order valence-corrected chi connectivity index (χ1v) is 6.80. The zero-order valence-electron chi connectivity index (χ0n) is 10.1. The first kappa shape index (κ1) is 14.1. The minimum absolute atomic E-state index is 0.0671. The molecule has 0 spiro atoms. The summed E-state index contributed by atoms with van der Waals surface area (Å²) in [6, 6.07) is 5.70. The van der Waals surface area contributed by atoms with Crippen LogP contribution in [-0.2, 0) is 6.54 Å². The Kier molecular flexibility index (Phi) is 4.27. The van der Waals surface area contributed by atoms with Crippen LogP contribution in [0.1, 0.15) is 17.4 Å². The van der Waals surface area contributed by atoms with E-state index in [9.17, 15) is 9.18 Å². The molecule has 1 N–H and O–H groups in total. The van der Waals surface area contributed by atoms with Gasteiger partial charge in [0, 0.05) is 22.2 Å². The molecule has 1 heterocycles. The van der Waals surface area contributed by atoms with Gasteiger partial charge in [0.2, 0.25) is 0 Å². The lowest BCUT2D eigenvalue weighted by molar-refractivity contribution is 0.101. The van der Waals surface area contributed by atoms with E-state index >= 15 is 0 Å². The molecular formula is C13H11BrClFN2O. The highest BCUT2D eigenvalue weighted by Crippen LogP contribution is 2.21. The van der Waals surface area contributed by atoms with Crippen molar-refractivity contribution in [1.29, 1.82) is 0 Å². The van der Waals surface area contributed by atoms with E-state index < -0.39 is 5.82 Å². The molecule has 100 valence electrons. The summed E-state index contributed by atoms with van der Waals surface area (Å²) in [5.74, 6) is -0.903. The Morgan fingerprint density at radius 2 is 2.21 bits per heavy atom. The number of hydrogen-bond acceptors (Lipinski definition) is 1. The number of amides is 1. The van der Waals surface area contributed by atoms with Gasteiger partial charge in [0.15, 0.2) is 0 Å². The van der Waals surface area contributed by atoms with Crippen LogP contribution in [0.5, 0.6) is 0 Å².